The van der Waals surface area contributed by atoms with Gasteiger partial charge in [-0.05, 0) is 87.0 Å². The SMILES string of the molecule is CC1(OC(=O)Oc2ccc(C(=O)OCC(F)(F)C(=O)O)cc2)C2CC3CC(C2)CC1C3. The van der Waals surface area contributed by atoms with Crippen LogP contribution in [0, 0.1) is 23.7 Å². The topological polar surface area (TPSA) is 99.1 Å². The predicted octanol–water partition coefficient (Wildman–Crippen LogP) is 4.29. The molecule has 0 spiro atoms. The van der Waals surface area contributed by atoms with Crippen molar-refractivity contribution in [1.29, 1.82) is 0 Å². The maximum absolute atomic E-state index is 13.0. The fourth-order valence-corrected chi connectivity index (χ4v) is 5.54. The smallest absolute Gasteiger partial charge is 0.477 e. The van der Waals surface area contributed by atoms with E-state index in [4.69, 9.17) is 14.6 Å². The summed E-state index contributed by atoms with van der Waals surface area (Å²) in [6.45, 7) is 0.418. The van der Waals surface area contributed by atoms with Crippen LogP contribution in [0.1, 0.15) is 49.4 Å². The average molecular weight is 438 g/mol. The lowest BCUT2D eigenvalue weighted by Crippen LogP contribution is -2.58. The first-order chi connectivity index (χ1) is 14.6. The van der Waals surface area contributed by atoms with Gasteiger partial charge in [0, 0.05) is 0 Å². The molecule has 0 atom stereocenters. The van der Waals surface area contributed by atoms with Crippen LogP contribution < -0.4 is 4.74 Å². The van der Waals surface area contributed by atoms with Crippen LogP contribution >= 0.6 is 0 Å². The summed E-state index contributed by atoms with van der Waals surface area (Å²) in [5.74, 6) is -5.38. The zero-order valence-corrected chi connectivity index (χ0v) is 17.0. The molecule has 7 nitrogen and oxygen atoms in total. The lowest BCUT2D eigenvalue weighted by Gasteiger charge is -2.58. The quantitative estimate of drug-likeness (QED) is 0.522. The molecule has 4 aliphatic carbocycles. The van der Waals surface area contributed by atoms with Gasteiger partial charge in [-0.1, -0.05) is 0 Å². The molecule has 168 valence electrons. The molecule has 4 saturated carbocycles. The van der Waals surface area contributed by atoms with Crippen molar-refractivity contribution in [3.63, 3.8) is 0 Å². The van der Waals surface area contributed by atoms with Gasteiger partial charge in [0.1, 0.15) is 11.4 Å². The van der Waals surface area contributed by atoms with Gasteiger partial charge < -0.3 is 19.3 Å². The van der Waals surface area contributed by atoms with Crippen LogP contribution in [-0.2, 0) is 14.3 Å². The van der Waals surface area contributed by atoms with Crippen LogP contribution in [0.15, 0.2) is 24.3 Å². The Morgan fingerprint density at radius 3 is 2.10 bits per heavy atom. The fraction of sp³-hybridized carbons (Fsp3) is 0.591. The zero-order chi connectivity index (χ0) is 22.4. The lowest BCUT2D eigenvalue weighted by atomic mass is 9.50. The second-order valence-corrected chi connectivity index (χ2v) is 9.05. The van der Waals surface area contributed by atoms with E-state index in [1.54, 1.807) is 0 Å². The number of carboxylic acid groups (broad SMARTS) is 1. The number of benzene rings is 1. The number of halogens is 2. The van der Waals surface area contributed by atoms with Gasteiger partial charge >= 0.3 is 24.0 Å². The molecule has 0 aliphatic heterocycles. The van der Waals surface area contributed by atoms with Gasteiger partial charge in [0.15, 0.2) is 6.61 Å². The first-order valence-electron chi connectivity index (χ1n) is 10.4. The van der Waals surface area contributed by atoms with Gasteiger partial charge in [0.2, 0.25) is 0 Å². The number of carbonyl (C=O) groups is 3. The molecule has 0 aromatic heterocycles. The minimum absolute atomic E-state index is 0.0881. The molecular formula is C22H24F2O7. The van der Waals surface area contributed by atoms with E-state index in [1.165, 1.54) is 30.7 Å². The first-order valence-corrected chi connectivity index (χ1v) is 10.4. The molecule has 4 aliphatic rings. The Morgan fingerprint density at radius 1 is 1.03 bits per heavy atom. The third-order valence-electron chi connectivity index (χ3n) is 7.05. The number of aliphatic carboxylic acids is 1. The van der Waals surface area contributed by atoms with Gasteiger partial charge in [-0.15, -0.1) is 0 Å². The number of carboxylic acids is 1. The summed E-state index contributed by atoms with van der Waals surface area (Å²) in [5, 5.41) is 8.35. The molecule has 0 amide bonds. The van der Waals surface area contributed by atoms with E-state index in [0.717, 1.165) is 37.5 Å². The van der Waals surface area contributed by atoms with Crippen LogP contribution in [0.25, 0.3) is 0 Å². The fourth-order valence-electron chi connectivity index (χ4n) is 5.54. The van der Waals surface area contributed by atoms with Crippen molar-refractivity contribution in [2.45, 2.75) is 50.6 Å². The van der Waals surface area contributed by atoms with E-state index in [2.05, 4.69) is 4.74 Å². The van der Waals surface area contributed by atoms with Crippen LogP contribution in [0.3, 0.4) is 0 Å². The Kier molecular flexibility index (Phi) is 5.39. The van der Waals surface area contributed by atoms with Crippen molar-refractivity contribution in [2.75, 3.05) is 6.61 Å². The normalized spacial score (nSPS) is 31.2. The number of alkyl halides is 2. The summed E-state index contributed by atoms with van der Waals surface area (Å²) in [4.78, 5) is 34.6. The predicted molar refractivity (Wildman–Crippen MR) is 102 cm³/mol. The molecule has 4 bridgehead atoms. The molecule has 1 aromatic carbocycles. The minimum Gasteiger partial charge on any atom is -0.477 e. The highest BCUT2D eigenvalue weighted by Crippen LogP contribution is 2.59. The number of hydrogen-bond acceptors (Lipinski definition) is 6. The van der Waals surface area contributed by atoms with Crippen LogP contribution in [0.5, 0.6) is 5.75 Å². The van der Waals surface area contributed by atoms with E-state index in [-0.39, 0.29) is 11.3 Å². The Morgan fingerprint density at radius 2 is 1.58 bits per heavy atom. The summed E-state index contributed by atoms with van der Waals surface area (Å²) >= 11 is 0. The second kappa shape index (κ2) is 7.76. The summed E-state index contributed by atoms with van der Waals surface area (Å²) in [6, 6.07) is 5.09. The molecule has 0 heterocycles. The van der Waals surface area contributed by atoms with E-state index >= 15 is 0 Å². The Bertz CT molecular complexity index is 852. The zero-order valence-electron chi connectivity index (χ0n) is 17.0. The second-order valence-electron chi connectivity index (χ2n) is 9.05. The van der Waals surface area contributed by atoms with E-state index < -0.39 is 36.2 Å². The highest BCUT2D eigenvalue weighted by molar-refractivity contribution is 5.90. The van der Waals surface area contributed by atoms with Gasteiger partial charge in [0.05, 0.1) is 5.56 Å². The van der Waals surface area contributed by atoms with Gasteiger partial charge in [0.25, 0.3) is 0 Å². The Labute approximate surface area is 177 Å². The largest absolute Gasteiger partial charge is 0.514 e. The van der Waals surface area contributed by atoms with Crippen molar-refractivity contribution in [2.24, 2.45) is 23.7 Å². The number of ether oxygens (including phenoxy) is 3. The van der Waals surface area contributed by atoms with Gasteiger partial charge in [-0.2, -0.15) is 8.78 Å². The van der Waals surface area contributed by atoms with Crippen molar-refractivity contribution < 1.29 is 42.5 Å². The molecule has 0 radical (unpaired) electrons. The maximum atomic E-state index is 13.0. The lowest BCUT2D eigenvalue weighted by molar-refractivity contribution is -0.170. The molecule has 1 aromatic rings. The first kappa shape index (κ1) is 21.5. The number of carbonyl (C=O) groups excluding carboxylic acids is 2. The highest BCUT2D eigenvalue weighted by atomic mass is 19.3. The summed E-state index contributed by atoms with van der Waals surface area (Å²) < 4.78 is 41.4. The molecule has 0 saturated heterocycles. The van der Waals surface area contributed by atoms with Crippen molar-refractivity contribution in [1.82, 2.24) is 0 Å². The molecular weight excluding hydrogens is 414 g/mol. The Balaban J connectivity index is 1.32. The van der Waals surface area contributed by atoms with Crippen LogP contribution in [0.4, 0.5) is 13.6 Å². The number of hydrogen-bond donors (Lipinski definition) is 1. The summed E-state index contributed by atoms with van der Waals surface area (Å²) in [5.41, 5.74) is -0.626. The maximum Gasteiger partial charge on any atom is 0.514 e. The monoisotopic (exact) mass is 438 g/mol. The van der Waals surface area contributed by atoms with E-state index in [0.29, 0.717) is 11.8 Å². The minimum atomic E-state index is -4.17. The molecule has 1 N–H and O–H groups in total. The van der Waals surface area contributed by atoms with Gasteiger partial charge in [-0.25, -0.2) is 14.4 Å². The van der Waals surface area contributed by atoms with Crippen molar-refractivity contribution in [3.8, 4) is 5.75 Å². The number of rotatable bonds is 6. The molecule has 0 unspecified atom stereocenters. The van der Waals surface area contributed by atoms with Crippen molar-refractivity contribution in [3.05, 3.63) is 29.8 Å². The molecule has 9 heteroatoms. The van der Waals surface area contributed by atoms with Crippen molar-refractivity contribution >= 4 is 18.1 Å². The Hall–Kier alpha value is -2.71. The standard InChI is InChI=1S/C22H24F2O7/c1-21(15-7-12-6-13(9-15)10-16(21)8-12)31-20(28)30-17-4-2-14(3-5-17)18(25)29-11-22(23,24)19(26)27/h2-5,12-13,15-16H,6-11H2,1H3,(H,26,27). The third kappa shape index (κ3) is 4.22. The van der Waals surface area contributed by atoms with Crippen LogP contribution in [-0.4, -0.2) is 41.3 Å². The average Bonchev–Trinajstić information content (AvgIpc) is 2.70. The summed E-state index contributed by atoms with van der Waals surface area (Å²) in [7, 11) is 0. The number of esters is 1. The molecule has 31 heavy (non-hydrogen) atoms. The highest BCUT2D eigenvalue weighted by Gasteiger charge is 2.57. The molecule has 5 rings (SSSR count). The van der Waals surface area contributed by atoms with E-state index in [1.807, 2.05) is 6.92 Å². The van der Waals surface area contributed by atoms with Crippen LogP contribution in [0.2, 0.25) is 0 Å². The van der Waals surface area contributed by atoms with Gasteiger partial charge in [-0.3, -0.25) is 0 Å². The van der Waals surface area contributed by atoms with E-state index in [9.17, 15) is 23.2 Å². The molecule has 4 fully saturated rings. The summed E-state index contributed by atoms with van der Waals surface area (Å²) in [6.07, 6.45) is 4.79. The third-order valence-corrected chi connectivity index (χ3v) is 7.05.